The number of anilines is 2. The molecule has 0 radical (unpaired) electrons. The van der Waals surface area contributed by atoms with Gasteiger partial charge in [-0.2, -0.15) is 0 Å². The van der Waals surface area contributed by atoms with Crippen LogP contribution in [0.4, 0.5) is 11.4 Å². The zero-order valence-electron chi connectivity index (χ0n) is 19.0. The van der Waals surface area contributed by atoms with Crippen LogP contribution in [0.3, 0.4) is 0 Å². The quantitative estimate of drug-likeness (QED) is 0.249. The third kappa shape index (κ3) is 7.64. The van der Waals surface area contributed by atoms with E-state index in [1.807, 2.05) is 0 Å². The lowest BCUT2D eigenvalue weighted by Crippen LogP contribution is -2.29. The molecule has 176 valence electrons. The number of carbonyl (C=O) groups is 2. The molecule has 1 saturated carbocycles. The van der Waals surface area contributed by atoms with Gasteiger partial charge in [0.1, 0.15) is 12.4 Å². The van der Waals surface area contributed by atoms with E-state index in [-0.39, 0.29) is 24.6 Å². The first kappa shape index (κ1) is 24.3. The molecule has 33 heavy (non-hydrogen) atoms. The Balaban J connectivity index is 1.43. The minimum atomic E-state index is -0.486. The van der Waals surface area contributed by atoms with E-state index in [9.17, 15) is 9.59 Å². The number of carbonyl (C=O) groups excluding carboxylic acids is 2. The Labute approximate surface area is 194 Å². The van der Waals surface area contributed by atoms with Crippen molar-refractivity contribution in [2.45, 2.75) is 51.7 Å². The van der Waals surface area contributed by atoms with Crippen molar-refractivity contribution in [3.8, 4) is 5.75 Å². The third-order valence-electron chi connectivity index (χ3n) is 5.62. The van der Waals surface area contributed by atoms with Crippen LogP contribution >= 0.6 is 0 Å². The van der Waals surface area contributed by atoms with Crippen LogP contribution in [0.5, 0.6) is 5.75 Å². The maximum Gasteiger partial charge on any atom is 0.331 e. The SMILES string of the molecule is CCCOC1CCC(C(=O)Oc2ccc(/C=C/C(=O)OCc3ccc(N)cc3N)cc2)CC1. The van der Waals surface area contributed by atoms with Gasteiger partial charge in [0.2, 0.25) is 0 Å². The van der Waals surface area contributed by atoms with E-state index in [4.69, 9.17) is 25.7 Å². The molecule has 1 aliphatic carbocycles. The second kappa shape index (κ2) is 12.1. The van der Waals surface area contributed by atoms with Gasteiger partial charge in [-0.15, -0.1) is 0 Å². The molecule has 0 unspecified atom stereocenters. The Kier molecular flexibility index (Phi) is 8.89. The average Bonchev–Trinajstić information content (AvgIpc) is 2.82. The van der Waals surface area contributed by atoms with E-state index in [0.717, 1.165) is 44.3 Å². The van der Waals surface area contributed by atoms with Crippen molar-refractivity contribution in [1.82, 2.24) is 0 Å². The lowest BCUT2D eigenvalue weighted by atomic mass is 9.87. The topological polar surface area (TPSA) is 114 Å². The number of esters is 2. The number of nitrogen functional groups attached to an aromatic ring is 2. The highest BCUT2D eigenvalue weighted by Gasteiger charge is 2.28. The molecule has 1 fully saturated rings. The smallest absolute Gasteiger partial charge is 0.331 e. The van der Waals surface area contributed by atoms with Crippen LogP contribution in [-0.2, 0) is 25.7 Å². The maximum atomic E-state index is 12.5. The van der Waals surface area contributed by atoms with Crippen LogP contribution in [0.1, 0.15) is 50.2 Å². The molecule has 0 heterocycles. The summed E-state index contributed by atoms with van der Waals surface area (Å²) in [5.41, 5.74) is 14.0. The molecular weight excluding hydrogens is 420 g/mol. The van der Waals surface area contributed by atoms with Gasteiger partial charge in [-0.3, -0.25) is 4.79 Å². The van der Waals surface area contributed by atoms with Crippen molar-refractivity contribution < 1.29 is 23.8 Å². The Morgan fingerprint density at radius 1 is 1.03 bits per heavy atom. The lowest BCUT2D eigenvalue weighted by molar-refractivity contribution is -0.141. The average molecular weight is 453 g/mol. The number of benzene rings is 2. The zero-order chi connectivity index (χ0) is 23.6. The summed E-state index contributed by atoms with van der Waals surface area (Å²) in [7, 11) is 0. The Bertz CT molecular complexity index is 963. The summed E-state index contributed by atoms with van der Waals surface area (Å²) in [6, 6.07) is 12.0. The maximum absolute atomic E-state index is 12.5. The molecule has 2 aromatic carbocycles. The summed E-state index contributed by atoms with van der Waals surface area (Å²) in [4.78, 5) is 24.4. The van der Waals surface area contributed by atoms with Crippen molar-refractivity contribution in [2.75, 3.05) is 18.1 Å². The molecule has 0 aliphatic heterocycles. The fraction of sp³-hybridized carbons (Fsp3) is 0.385. The number of ether oxygens (including phenoxy) is 3. The molecule has 2 aromatic rings. The van der Waals surface area contributed by atoms with E-state index in [0.29, 0.717) is 22.7 Å². The summed E-state index contributed by atoms with van der Waals surface area (Å²) in [5, 5.41) is 0. The van der Waals surface area contributed by atoms with Crippen molar-refractivity contribution in [2.24, 2.45) is 5.92 Å². The first-order valence-electron chi connectivity index (χ1n) is 11.4. The Morgan fingerprint density at radius 3 is 2.42 bits per heavy atom. The fourth-order valence-electron chi connectivity index (χ4n) is 3.70. The van der Waals surface area contributed by atoms with Crippen molar-refractivity contribution in [3.63, 3.8) is 0 Å². The summed E-state index contributed by atoms with van der Waals surface area (Å²) in [6.45, 7) is 2.93. The van der Waals surface area contributed by atoms with Gasteiger partial charge in [-0.1, -0.05) is 25.1 Å². The Hall–Kier alpha value is -3.32. The first-order chi connectivity index (χ1) is 15.9. The van der Waals surface area contributed by atoms with Gasteiger partial charge >= 0.3 is 11.9 Å². The third-order valence-corrected chi connectivity index (χ3v) is 5.62. The summed E-state index contributed by atoms with van der Waals surface area (Å²) in [6.07, 6.45) is 7.61. The molecule has 7 nitrogen and oxygen atoms in total. The van der Waals surface area contributed by atoms with Crippen molar-refractivity contribution in [3.05, 3.63) is 59.7 Å². The Morgan fingerprint density at radius 2 is 1.76 bits per heavy atom. The van der Waals surface area contributed by atoms with Crippen LogP contribution in [0.2, 0.25) is 0 Å². The predicted molar refractivity (Wildman–Crippen MR) is 128 cm³/mol. The zero-order valence-corrected chi connectivity index (χ0v) is 19.0. The highest BCUT2D eigenvalue weighted by molar-refractivity contribution is 5.87. The van der Waals surface area contributed by atoms with Gasteiger partial charge in [0.05, 0.1) is 12.0 Å². The van der Waals surface area contributed by atoms with Crippen LogP contribution in [0, 0.1) is 5.92 Å². The van der Waals surface area contributed by atoms with Crippen LogP contribution in [0.15, 0.2) is 48.5 Å². The second-order valence-corrected chi connectivity index (χ2v) is 8.23. The molecule has 4 N–H and O–H groups in total. The number of nitrogens with two attached hydrogens (primary N) is 2. The standard InChI is InChI=1S/C26H32N2O5/c1-2-15-31-22-12-7-19(8-13-22)26(30)33-23-10-3-18(4-11-23)5-14-25(29)32-17-20-6-9-21(27)16-24(20)28/h3-6,9-11,14,16,19,22H,2,7-8,12-13,15,17,27-28H2,1H3/b14-5+. The van der Waals surface area contributed by atoms with E-state index in [1.54, 1.807) is 48.5 Å². The van der Waals surface area contributed by atoms with Crippen LogP contribution in [0.25, 0.3) is 6.08 Å². The fourth-order valence-corrected chi connectivity index (χ4v) is 3.70. The minimum Gasteiger partial charge on any atom is -0.458 e. The minimum absolute atomic E-state index is 0.0663. The largest absolute Gasteiger partial charge is 0.458 e. The number of rotatable bonds is 9. The predicted octanol–water partition coefficient (Wildman–Crippen LogP) is 4.50. The molecule has 0 atom stereocenters. The van der Waals surface area contributed by atoms with E-state index >= 15 is 0 Å². The monoisotopic (exact) mass is 452 g/mol. The van der Waals surface area contributed by atoms with E-state index in [2.05, 4.69) is 6.92 Å². The van der Waals surface area contributed by atoms with Crippen molar-refractivity contribution >= 4 is 29.4 Å². The summed E-state index contributed by atoms with van der Waals surface area (Å²) < 4.78 is 16.5. The molecule has 0 saturated heterocycles. The molecule has 0 bridgehead atoms. The van der Waals surface area contributed by atoms with E-state index < -0.39 is 5.97 Å². The van der Waals surface area contributed by atoms with Gasteiger partial charge in [-0.05, 0) is 68.0 Å². The molecule has 1 aliphatic rings. The summed E-state index contributed by atoms with van der Waals surface area (Å²) >= 11 is 0. The second-order valence-electron chi connectivity index (χ2n) is 8.23. The van der Waals surface area contributed by atoms with Gasteiger partial charge in [0, 0.05) is 29.6 Å². The molecule has 0 amide bonds. The highest BCUT2D eigenvalue weighted by Crippen LogP contribution is 2.28. The summed E-state index contributed by atoms with van der Waals surface area (Å²) in [5.74, 6) is -0.281. The molecule has 0 aromatic heterocycles. The number of hydrogen-bond acceptors (Lipinski definition) is 7. The molecule has 3 rings (SSSR count). The van der Waals surface area contributed by atoms with Gasteiger partial charge in [0.25, 0.3) is 0 Å². The lowest BCUT2D eigenvalue weighted by Gasteiger charge is -2.27. The molecule has 0 spiro atoms. The van der Waals surface area contributed by atoms with Gasteiger partial charge in [-0.25, -0.2) is 4.79 Å². The molecule has 7 heteroatoms. The van der Waals surface area contributed by atoms with Gasteiger partial charge < -0.3 is 25.7 Å². The normalized spacial score (nSPS) is 18.2. The van der Waals surface area contributed by atoms with Gasteiger partial charge in [0.15, 0.2) is 0 Å². The van der Waals surface area contributed by atoms with Crippen LogP contribution < -0.4 is 16.2 Å². The highest BCUT2D eigenvalue weighted by atomic mass is 16.5. The number of hydrogen-bond donors (Lipinski definition) is 2. The molecular formula is C26H32N2O5. The van der Waals surface area contributed by atoms with E-state index in [1.165, 1.54) is 6.08 Å². The first-order valence-corrected chi connectivity index (χ1v) is 11.4. The van der Waals surface area contributed by atoms with Crippen molar-refractivity contribution in [1.29, 1.82) is 0 Å². The van der Waals surface area contributed by atoms with Crippen LogP contribution in [-0.4, -0.2) is 24.6 Å².